The second-order valence-corrected chi connectivity index (χ2v) is 7.21. The van der Waals surface area contributed by atoms with Crippen LogP contribution >= 0.6 is 23.2 Å². The molecule has 2 heterocycles. The van der Waals surface area contributed by atoms with Crippen molar-refractivity contribution in [2.75, 3.05) is 32.8 Å². The van der Waals surface area contributed by atoms with Crippen LogP contribution in [-0.2, 0) is 11.3 Å². The predicted molar refractivity (Wildman–Crippen MR) is 91.7 cm³/mol. The Labute approximate surface area is 142 Å². The standard InChI is InChI=1S/C17H24Cl2N2O/c18-15-2-1-14(17(19)9-15)12-21(11-13-3-6-20-10-13)16-4-7-22-8-5-16/h1-2,9,13,16,20H,3-8,10-12H2/t13-/m0/s1. The number of halogens is 2. The second-order valence-electron chi connectivity index (χ2n) is 6.37. The summed E-state index contributed by atoms with van der Waals surface area (Å²) in [6, 6.07) is 6.44. The van der Waals surface area contributed by atoms with Gasteiger partial charge in [0.2, 0.25) is 0 Å². The summed E-state index contributed by atoms with van der Waals surface area (Å²) in [7, 11) is 0. The van der Waals surface area contributed by atoms with E-state index in [1.54, 1.807) is 0 Å². The van der Waals surface area contributed by atoms with Gasteiger partial charge in [-0.15, -0.1) is 0 Å². The van der Waals surface area contributed by atoms with Crippen LogP contribution in [0.25, 0.3) is 0 Å². The Hall–Kier alpha value is -0.320. The minimum atomic E-state index is 0.598. The summed E-state index contributed by atoms with van der Waals surface area (Å²) in [4.78, 5) is 2.61. The number of nitrogens with one attached hydrogen (secondary N) is 1. The van der Waals surface area contributed by atoms with E-state index in [1.165, 1.54) is 12.0 Å². The molecule has 1 N–H and O–H groups in total. The van der Waals surface area contributed by atoms with Crippen LogP contribution in [-0.4, -0.2) is 43.8 Å². The highest BCUT2D eigenvalue weighted by molar-refractivity contribution is 6.35. The van der Waals surface area contributed by atoms with Gasteiger partial charge in [0.1, 0.15) is 0 Å². The number of ether oxygens (including phenoxy) is 1. The average molecular weight is 343 g/mol. The van der Waals surface area contributed by atoms with Crippen molar-refractivity contribution in [2.24, 2.45) is 5.92 Å². The van der Waals surface area contributed by atoms with Gasteiger partial charge >= 0.3 is 0 Å². The van der Waals surface area contributed by atoms with Gasteiger partial charge in [0, 0.05) is 42.4 Å². The number of benzene rings is 1. The van der Waals surface area contributed by atoms with Gasteiger partial charge in [-0.1, -0.05) is 29.3 Å². The Morgan fingerprint density at radius 2 is 2.00 bits per heavy atom. The molecule has 122 valence electrons. The first-order valence-electron chi connectivity index (χ1n) is 8.19. The monoisotopic (exact) mass is 342 g/mol. The molecule has 5 heteroatoms. The maximum absolute atomic E-state index is 6.38. The second kappa shape index (κ2) is 7.98. The van der Waals surface area contributed by atoms with Crippen molar-refractivity contribution in [3.63, 3.8) is 0 Å². The van der Waals surface area contributed by atoms with Gasteiger partial charge < -0.3 is 10.1 Å². The molecule has 0 bridgehead atoms. The lowest BCUT2D eigenvalue weighted by molar-refractivity contribution is 0.0259. The Bertz CT molecular complexity index is 486. The third-order valence-corrected chi connectivity index (χ3v) is 5.34. The van der Waals surface area contributed by atoms with Gasteiger partial charge in [-0.25, -0.2) is 0 Å². The fraction of sp³-hybridized carbons (Fsp3) is 0.647. The van der Waals surface area contributed by atoms with Crippen LogP contribution < -0.4 is 5.32 Å². The average Bonchev–Trinajstić information content (AvgIpc) is 3.03. The van der Waals surface area contributed by atoms with E-state index in [2.05, 4.69) is 16.3 Å². The first kappa shape index (κ1) is 16.5. The highest BCUT2D eigenvalue weighted by Gasteiger charge is 2.26. The molecular formula is C17H24Cl2N2O. The maximum Gasteiger partial charge on any atom is 0.0480 e. The molecule has 0 radical (unpaired) electrons. The van der Waals surface area contributed by atoms with Crippen LogP contribution in [0.1, 0.15) is 24.8 Å². The van der Waals surface area contributed by atoms with Crippen molar-refractivity contribution in [3.8, 4) is 0 Å². The van der Waals surface area contributed by atoms with Gasteiger partial charge in [-0.05, 0) is 56.0 Å². The van der Waals surface area contributed by atoms with E-state index in [0.717, 1.165) is 63.2 Å². The van der Waals surface area contributed by atoms with Crippen LogP contribution in [0.2, 0.25) is 10.0 Å². The molecule has 2 aliphatic heterocycles. The Morgan fingerprint density at radius 1 is 1.18 bits per heavy atom. The first-order chi connectivity index (χ1) is 10.7. The Kier molecular flexibility index (Phi) is 6.00. The van der Waals surface area contributed by atoms with Crippen LogP contribution in [0.4, 0.5) is 0 Å². The van der Waals surface area contributed by atoms with E-state index in [4.69, 9.17) is 27.9 Å². The van der Waals surface area contributed by atoms with Crippen molar-refractivity contribution in [1.82, 2.24) is 10.2 Å². The molecule has 3 nitrogen and oxygen atoms in total. The number of hydrogen-bond acceptors (Lipinski definition) is 3. The fourth-order valence-corrected chi connectivity index (χ4v) is 3.93. The number of nitrogens with zero attached hydrogens (tertiary/aromatic N) is 1. The summed E-state index contributed by atoms with van der Waals surface area (Å²) in [6.07, 6.45) is 3.50. The zero-order valence-electron chi connectivity index (χ0n) is 12.9. The molecule has 2 aliphatic rings. The fourth-order valence-electron chi connectivity index (χ4n) is 3.46. The molecule has 0 spiro atoms. The van der Waals surface area contributed by atoms with Gasteiger partial charge in [-0.3, -0.25) is 4.90 Å². The van der Waals surface area contributed by atoms with Crippen molar-refractivity contribution in [3.05, 3.63) is 33.8 Å². The lowest BCUT2D eigenvalue weighted by Crippen LogP contribution is -2.42. The summed E-state index contributed by atoms with van der Waals surface area (Å²) in [5.41, 5.74) is 1.17. The summed E-state index contributed by atoms with van der Waals surface area (Å²) < 4.78 is 5.53. The normalized spacial score (nSPS) is 23.3. The molecule has 0 aromatic heterocycles. The molecule has 0 unspecified atom stereocenters. The largest absolute Gasteiger partial charge is 0.381 e. The van der Waals surface area contributed by atoms with Gasteiger partial charge in [0.25, 0.3) is 0 Å². The molecule has 0 saturated carbocycles. The zero-order valence-corrected chi connectivity index (χ0v) is 14.4. The van der Waals surface area contributed by atoms with Gasteiger partial charge in [0.15, 0.2) is 0 Å². The summed E-state index contributed by atoms with van der Waals surface area (Å²) in [5.74, 6) is 0.744. The van der Waals surface area contributed by atoms with E-state index in [-0.39, 0.29) is 0 Å². The van der Waals surface area contributed by atoms with Crippen LogP contribution in [0, 0.1) is 5.92 Å². The van der Waals surface area contributed by atoms with E-state index in [1.807, 2.05) is 12.1 Å². The molecule has 2 saturated heterocycles. The lowest BCUT2D eigenvalue weighted by atomic mass is 10.0. The highest BCUT2D eigenvalue weighted by Crippen LogP contribution is 2.26. The Morgan fingerprint density at radius 3 is 2.68 bits per heavy atom. The molecule has 3 rings (SSSR count). The van der Waals surface area contributed by atoms with Gasteiger partial charge in [-0.2, -0.15) is 0 Å². The third kappa shape index (κ3) is 4.36. The predicted octanol–water partition coefficient (Wildman–Crippen LogP) is 3.58. The van der Waals surface area contributed by atoms with Crippen molar-refractivity contribution < 1.29 is 4.74 Å². The molecule has 2 fully saturated rings. The van der Waals surface area contributed by atoms with Crippen molar-refractivity contribution >= 4 is 23.2 Å². The molecule has 1 aromatic carbocycles. The van der Waals surface area contributed by atoms with E-state index in [9.17, 15) is 0 Å². The van der Waals surface area contributed by atoms with Gasteiger partial charge in [0.05, 0.1) is 0 Å². The smallest absolute Gasteiger partial charge is 0.0480 e. The number of rotatable bonds is 5. The summed E-state index contributed by atoms with van der Waals surface area (Å²) in [5, 5.41) is 4.94. The maximum atomic E-state index is 6.38. The summed E-state index contributed by atoms with van der Waals surface area (Å²) >= 11 is 12.4. The minimum absolute atomic E-state index is 0.598. The third-order valence-electron chi connectivity index (χ3n) is 4.75. The van der Waals surface area contributed by atoms with Crippen molar-refractivity contribution in [1.29, 1.82) is 0 Å². The quantitative estimate of drug-likeness (QED) is 0.884. The van der Waals surface area contributed by atoms with E-state index < -0.39 is 0 Å². The van der Waals surface area contributed by atoms with E-state index in [0.29, 0.717) is 11.1 Å². The topological polar surface area (TPSA) is 24.5 Å². The van der Waals surface area contributed by atoms with Crippen LogP contribution in [0.5, 0.6) is 0 Å². The Balaban J connectivity index is 1.71. The molecule has 0 amide bonds. The van der Waals surface area contributed by atoms with Crippen molar-refractivity contribution in [2.45, 2.75) is 31.8 Å². The minimum Gasteiger partial charge on any atom is -0.381 e. The molecule has 1 atom stereocenters. The highest BCUT2D eigenvalue weighted by atomic mass is 35.5. The zero-order chi connectivity index (χ0) is 15.4. The molecular weight excluding hydrogens is 319 g/mol. The molecule has 0 aliphatic carbocycles. The summed E-state index contributed by atoms with van der Waals surface area (Å²) in [6.45, 7) is 6.06. The number of hydrogen-bond donors (Lipinski definition) is 1. The van der Waals surface area contributed by atoms with Crippen LogP contribution in [0.15, 0.2) is 18.2 Å². The molecule has 1 aromatic rings. The van der Waals surface area contributed by atoms with E-state index >= 15 is 0 Å². The SMILES string of the molecule is Clc1ccc(CN(C[C@H]2CCNC2)C2CCOCC2)c(Cl)c1. The molecule has 22 heavy (non-hydrogen) atoms. The first-order valence-corrected chi connectivity index (χ1v) is 8.94. The van der Waals surface area contributed by atoms with Crippen LogP contribution in [0.3, 0.4) is 0 Å². The lowest BCUT2D eigenvalue weighted by Gasteiger charge is -2.36.